The number of hydrogen-bond acceptors (Lipinski definition) is 5. The molecule has 0 bridgehead atoms. The highest BCUT2D eigenvalue weighted by atomic mass is 16.5. The van der Waals surface area contributed by atoms with Crippen LogP contribution in [0.5, 0.6) is 0 Å². The zero-order chi connectivity index (χ0) is 13.0. The fourth-order valence-corrected chi connectivity index (χ4v) is 2.25. The lowest BCUT2D eigenvalue weighted by molar-refractivity contribution is 0.0519. The number of anilines is 1. The Morgan fingerprint density at radius 3 is 3.17 bits per heavy atom. The standard InChI is InChI=1S/C13H20N2O3/c1-3-17-12(16)11-9-18-13(14-11)15-8-6-4-5-7-10(15)2/h9-10H,3-8H2,1-2H3. The van der Waals surface area contributed by atoms with E-state index in [1.165, 1.54) is 19.1 Å². The summed E-state index contributed by atoms with van der Waals surface area (Å²) in [5, 5.41) is 0. The predicted octanol–water partition coefficient (Wildman–Crippen LogP) is 2.62. The van der Waals surface area contributed by atoms with E-state index in [0.29, 0.717) is 18.7 Å². The average molecular weight is 252 g/mol. The summed E-state index contributed by atoms with van der Waals surface area (Å²) in [7, 11) is 0. The van der Waals surface area contributed by atoms with E-state index < -0.39 is 5.97 Å². The van der Waals surface area contributed by atoms with Crippen LogP contribution in [0.2, 0.25) is 0 Å². The molecule has 18 heavy (non-hydrogen) atoms. The smallest absolute Gasteiger partial charge is 0.360 e. The molecule has 1 saturated heterocycles. The van der Waals surface area contributed by atoms with Crippen molar-refractivity contribution in [1.82, 2.24) is 4.98 Å². The van der Waals surface area contributed by atoms with Crippen molar-refractivity contribution in [3.05, 3.63) is 12.0 Å². The molecule has 5 nitrogen and oxygen atoms in total. The minimum Gasteiger partial charge on any atom is -0.461 e. The zero-order valence-corrected chi connectivity index (χ0v) is 11.0. The number of carbonyl (C=O) groups excluding carboxylic acids is 1. The van der Waals surface area contributed by atoms with Crippen molar-refractivity contribution in [2.45, 2.75) is 45.6 Å². The van der Waals surface area contributed by atoms with Gasteiger partial charge in [-0.2, -0.15) is 4.98 Å². The van der Waals surface area contributed by atoms with Crippen LogP contribution in [-0.2, 0) is 4.74 Å². The zero-order valence-electron chi connectivity index (χ0n) is 11.0. The lowest BCUT2D eigenvalue weighted by atomic mass is 10.1. The van der Waals surface area contributed by atoms with Gasteiger partial charge >= 0.3 is 5.97 Å². The molecule has 0 saturated carbocycles. The van der Waals surface area contributed by atoms with Gasteiger partial charge in [-0.15, -0.1) is 0 Å². The van der Waals surface area contributed by atoms with Gasteiger partial charge in [0, 0.05) is 12.6 Å². The van der Waals surface area contributed by atoms with Crippen LogP contribution in [0.25, 0.3) is 0 Å². The molecule has 1 unspecified atom stereocenters. The summed E-state index contributed by atoms with van der Waals surface area (Å²) in [5.74, 6) is -0.421. The molecule has 0 aromatic carbocycles. The van der Waals surface area contributed by atoms with Gasteiger partial charge in [0.25, 0.3) is 6.01 Å². The fourth-order valence-electron chi connectivity index (χ4n) is 2.25. The van der Waals surface area contributed by atoms with E-state index >= 15 is 0 Å². The Morgan fingerprint density at radius 1 is 1.56 bits per heavy atom. The summed E-state index contributed by atoms with van der Waals surface area (Å²) in [6.07, 6.45) is 6.14. The molecule has 2 heterocycles. The number of hydrogen-bond donors (Lipinski definition) is 0. The Morgan fingerprint density at radius 2 is 2.39 bits per heavy atom. The Bertz CT molecular complexity index is 403. The third-order valence-corrected chi connectivity index (χ3v) is 3.28. The van der Waals surface area contributed by atoms with E-state index in [-0.39, 0.29) is 5.69 Å². The molecule has 0 N–H and O–H groups in total. The van der Waals surface area contributed by atoms with E-state index in [0.717, 1.165) is 19.4 Å². The molecule has 0 radical (unpaired) electrons. The van der Waals surface area contributed by atoms with E-state index in [1.807, 2.05) is 0 Å². The molecule has 100 valence electrons. The van der Waals surface area contributed by atoms with Crippen molar-refractivity contribution in [3.63, 3.8) is 0 Å². The minimum absolute atomic E-state index is 0.253. The predicted molar refractivity (Wildman–Crippen MR) is 67.7 cm³/mol. The molecule has 0 aliphatic carbocycles. The van der Waals surface area contributed by atoms with E-state index in [2.05, 4.69) is 16.8 Å². The first-order valence-electron chi connectivity index (χ1n) is 6.61. The molecule has 1 atom stereocenters. The number of aromatic nitrogens is 1. The SMILES string of the molecule is CCOC(=O)c1coc(N2CCCCCC2C)n1. The van der Waals surface area contributed by atoms with Crippen LogP contribution in [-0.4, -0.2) is 30.1 Å². The highest BCUT2D eigenvalue weighted by Crippen LogP contribution is 2.23. The first-order chi connectivity index (χ1) is 8.72. The second kappa shape index (κ2) is 5.89. The molecule has 1 fully saturated rings. The fraction of sp³-hybridized carbons (Fsp3) is 0.692. The van der Waals surface area contributed by atoms with Crippen molar-refractivity contribution in [2.75, 3.05) is 18.1 Å². The van der Waals surface area contributed by atoms with Gasteiger partial charge in [-0.1, -0.05) is 12.8 Å². The van der Waals surface area contributed by atoms with Crippen LogP contribution in [0, 0.1) is 0 Å². The normalized spacial score (nSPS) is 20.6. The Kier molecular flexibility index (Phi) is 4.23. The Balaban J connectivity index is 2.10. The van der Waals surface area contributed by atoms with Crippen molar-refractivity contribution in [2.24, 2.45) is 0 Å². The monoisotopic (exact) mass is 252 g/mol. The van der Waals surface area contributed by atoms with E-state index in [4.69, 9.17) is 9.15 Å². The summed E-state index contributed by atoms with van der Waals surface area (Å²) in [4.78, 5) is 17.9. The summed E-state index contributed by atoms with van der Waals surface area (Å²) in [5.41, 5.74) is 0.253. The molecule has 2 rings (SSSR count). The molecule has 0 amide bonds. The number of carbonyl (C=O) groups is 1. The Labute approximate surface area is 107 Å². The van der Waals surface area contributed by atoms with Crippen molar-refractivity contribution < 1.29 is 13.9 Å². The molecule has 0 spiro atoms. The molecule has 1 aliphatic rings. The number of ether oxygens (including phenoxy) is 1. The van der Waals surface area contributed by atoms with Gasteiger partial charge in [-0.3, -0.25) is 0 Å². The van der Waals surface area contributed by atoms with Gasteiger partial charge in [-0.05, 0) is 26.7 Å². The van der Waals surface area contributed by atoms with Crippen LogP contribution in [0.4, 0.5) is 6.01 Å². The largest absolute Gasteiger partial charge is 0.461 e. The molecule has 1 aromatic rings. The van der Waals surface area contributed by atoms with E-state index in [1.54, 1.807) is 6.92 Å². The van der Waals surface area contributed by atoms with Crippen LogP contribution >= 0.6 is 0 Å². The van der Waals surface area contributed by atoms with Gasteiger partial charge in [0.05, 0.1) is 6.61 Å². The van der Waals surface area contributed by atoms with Gasteiger partial charge in [0.15, 0.2) is 5.69 Å². The maximum atomic E-state index is 11.5. The lowest BCUT2D eigenvalue weighted by Gasteiger charge is -2.24. The second-order valence-corrected chi connectivity index (χ2v) is 4.63. The minimum atomic E-state index is -0.421. The average Bonchev–Trinajstić information content (AvgIpc) is 2.74. The summed E-state index contributed by atoms with van der Waals surface area (Å²) in [6.45, 7) is 5.22. The summed E-state index contributed by atoms with van der Waals surface area (Å²) < 4.78 is 10.3. The second-order valence-electron chi connectivity index (χ2n) is 4.63. The van der Waals surface area contributed by atoms with Crippen molar-refractivity contribution >= 4 is 12.0 Å². The van der Waals surface area contributed by atoms with Crippen molar-refractivity contribution in [3.8, 4) is 0 Å². The number of rotatable bonds is 3. The molecule has 1 aromatic heterocycles. The number of esters is 1. The van der Waals surface area contributed by atoms with Crippen LogP contribution < -0.4 is 4.90 Å². The maximum absolute atomic E-state index is 11.5. The molecule has 5 heteroatoms. The van der Waals surface area contributed by atoms with Gasteiger partial charge in [-0.25, -0.2) is 4.79 Å². The number of oxazole rings is 1. The molecule has 1 aliphatic heterocycles. The highest BCUT2D eigenvalue weighted by Gasteiger charge is 2.23. The highest BCUT2D eigenvalue weighted by molar-refractivity contribution is 5.87. The Hall–Kier alpha value is -1.52. The summed E-state index contributed by atoms with van der Waals surface area (Å²) in [6, 6.07) is 0.939. The molecular weight excluding hydrogens is 232 g/mol. The van der Waals surface area contributed by atoms with Crippen molar-refractivity contribution in [1.29, 1.82) is 0 Å². The van der Waals surface area contributed by atoms with Gasteiger partial charge < -0.3 is 14.1 Å². The topological polar surface area (TPSA) is 55.6 Å². The number of nitrogens with zero attached hydrogens (tertiary/aromatic N) is 2. The summed E-state index contributed by atoms with van der Waals surface area (Å²) >= 11 is 0. The van der Waals surface area contributed by atoms with Crippen LogP contribution in [0.1, 0.15) is 50.0 Å². The third kappa shape index (κ3) is 2.83. The van der Waals surface area contributed by atoms with E-state index in [9.17, 15) is 4.79 Å². The quantitative estimate of drug-likeness (QED) is 0.774. The lowest BCUT2D eigenvalue weighted by Crippen LogP contribution is -2.32. The van der Waals surface area contributed by atoms with Gasteiger partial charge in [0.2, 0.25) is 0 Å². The maximum Gasteiger partial charge on any atom is 0.360 e. The van der Waals surface area contributed by atoms with Crippen LogP contribution in [0.15, 0.2) is 10.7 Å². The first kappa shape index (κ1) is 12.9. The van der Waals surface area contributed by atoms with Gasteiger partial charge in [0.1, 0.15) is 6.26 Å². The third-order valence-electron chi connectivity index (χ3n) is 3.28. The first-order valence-corrected chi connectivity index (χ1v) is 6.61. The molecular formula is C13H20N2O3. The van der Waals surface area contributed by atoms with Crippen LogP contribution in [0.3, 0.4) is 0 Å².